The number of aromatic nitrogens is 1. The molecule has 0 aliphatic heterocycles. The summed E-state index contributed by atoms with van der Waals surface area (Å²) in [6.45, 7) is -0.671. The summed E-state index contributed by atoms with van der Waals surface area (Å²) in [6.07, 6.45) is 0. The van der Waals surface area contributed by atoms with Crippen molar-refractivity contribution in [2.75, 3.05) is 0 Å². The van der Waals surface area contributed by atoms with Gasteiger partial charge in [-0.3, -0.25) is 4.79 Å². The van der Waals surface area contributed by atoms with Gasteiger partial charge in [-0.2, -0.15) is 0 Å². The highest BCUT2D eigenvalue weighted by atomic mass is 32.1. The summed E-state index contributed by atoms with van der Waals surface area (Å²) in [5, 5.41) is 2.68. The Balaban J connectivity index is 1.85. The number of amides is 1. The highest BCUT2D eigenvalue weighted by Gasteiger charge is 2.27. The number of nitrogens with zero attached hydrogens (tertiary/aromatic N) is 1. The van der Waals surface area contributed by atoms with Gasteiger partial charge in [0.1, 0.15) is 0 Å². The van der Waals surface area contributed by atoms with Crippen molar-refractivity contribution in [1.82, 2.24) is 4.57 Å². The first-order chi connectivity index (χ1) is 15.8. The van der Waals surface area contributed by atoms with Gasteiger partial charge in [0.2, 0.25) is 11.7 Å². The Hall–Kier alpha value is -3.72. The van der Waals surface area contributed by atoms with Crippen LogP contribution in [0.5, 0.6) is 0 Å². The van der Waals surface area contributed by atoms with Crippen LogP contribution >= 0.6 is 11.3 Å². The Morgan fingerprint density at radius 2 is 1.64 bits per heavy atom. The average Bonchev–Trinajstić information content (AvgIpc) is 3.45. The topological polar surface area (TPSA) is 48.0 Å². The van der Waals surface area contributed by atoms with E-state index < -0.39 is 47.1 Å². The Morgan fingerprint density at radius 1 is 0.939 bits per heavy atom. The Labute approximate surface area is 187 Å². The number of benzene rings is 3. The van der Waals surface area contributed by atoms with Crippen molar-refractivity contribution in [3.05, 3.63) is 94.1 Å². The van der Waals surface area contributed by atoms with E-state index in [0.29, 0.717) is 21.8 Å². The highest BCUT2D eigenvalue weighted by molar-refractivity contribution is 7.13. The van der Waals surface area contributed by atoms with Gasteiger partial charge in [0.25, 0.3) is 0 Å². The van der Waals surface area contributed by atoms with Crippen LogP contribution in [0.1, 0.15) is 15.9 Å². The maximum absolute atomic E-state index is 14.5. The van der Waals surface area contributed by atoms with E-state index in [9.17, 15) is 26.7 Å². The molecule has 0 unspecified atom stereocenters. The number of nitrogens with two attached hydrogens (primary N) is 1. The van der Waals surface area contributed by atoms with E-state index in [-0.39, 0.29) is 5.56 Å². The summed E-state index contributed by atoms with van der Waals surface area (Å²) in [6, 6.07) is 14.8. The van der Waals surface area contributed by atoms with Crippen molar-refractivity contribution in [1.29, 1.82) is 0 Å². The van der Waals surface area contributed by atoms with Crippen LogP contribution in [-0.2, 0) is 6.54 Å². The molecule has 3 nitrogen and oxygen atoms in total. The number of rotatable bonds is 4. The van der Waals surface area contributed by atoms with Crippen molar-refractivity contribution in [2.24, 2.45) is 5.73 Å². The molecule has 1 amide bonds. The molecule has 2 aromatic heterocycles. The van der Waals surface area contributed by atoms with E-state index in [1.807, 2.05) is 17.5 Å². The second-order valence-corrected chi connectivity index (χ2v) is 8.27. The lowest BCUT2D eigenvalue weighted by atomic mass is 10.0. The summed E-state index contributed by atoms with van der Waals surface area (Å²) in [5.74, 6) is -10.8. The third kappa shape index (κ3) is 3.19. The van der Waals surface area contributed by atoms with Crippen molar-refractivity contribution < 1.29 is 26.7 Å². The fourth-order valence-electron chi connectivity index (χ4n) is 3.96. The molecule has 2 heterocycles. The molecule has 0 saturated carbocycles. The summed E-state index contributed by atoms with van der Waals surface area (Å²) in [4.78, 5) is 12.9. The average molecular weight is 471 g/mol. The SMILES string of the molecule is NC(=O)c1cccc2c1c1[c]cc(-c3cccs3)cc1n2Cc1c(F)c(F)c(F)c(F)c1F. The smallest absolute Gasteiger partial charge is 0.249 e. The van der Waals surface area contributed by atoms with Gasteiger partial charge in [-0.1, -0.05) is 12.1 Å². The summed E-state index contributed by atoms with van der Waals surface area (Å²) >= 11 is 1.46. The molecular formula is C24H12F5N2OS. The zero-order valence-electron chi connectivity index (χ0n) is 16.6. The maximum Gasteiger partial charge on any atom is 0.249 e. The lowest BCUT2D eigenvalue weighted by molar-refractivity contribution is 0.100. The number of carbonyl (C=O) groups excluding carboxylic acids is 1. The van der Waals surface area contributed by atoms with Gasteiger partial charge in [-0.05, 0) is 47.3 Å². The van der Waals surface area contributed by atoms with Crippen LogP contribution in [0.25, 0.3) is 32.2 Å². The molecular weight excluding hydrogens is 459 g/mol. The molecule has 33 heavy (non-hydrogen) atoms. The number of primary amides is 1. The van der Waals surface area contributed by atoms with Crippen LogP contribution in [-0.4, -0.2) is 10.5 Å². The molecule has 3 aromatic carbocycles. The normalized spacial score (nSPS) is 11.5. The van der Waals surface area contributed by atoms with Gasteiger partial charge in [0.15, 0.2) is 23.3 Å². The Kier molecular flexibility index (Phi) is 4.93. The van der Waals surface area contributed by atoms with Gasteiger partial charge >= 0.3 is 0 Å². The van der Waals surface area contributed by atoms with Crippen molar-refractivity contribution >= 4 is 39.0 Å². The molecule has 2 N–H and O–H groups in total. The molecule has 0 spiro atoms. The van der Waals surface area contributed by atoms with Gasteiger partial charge in [0.05, 0.1) is 17.6 Å². The van der Waals surface area contributed by atoms with Gasteiger partial charge in [-0.15, -0.1) is 11.3 Å². The standard InChI is InChI=1S/C24H12F5N2OS/c25-19-14(20(26)22(28)23(29)21(19)27)10-31-15-4-1-3-13(24(30)32)18(15)12-7-6-11(9-16(12)31)17-5-2-8-33-17/h1-6,8-9H,10H2,(H2,30,32). The molecule has 5 rings (SSSR count). The summed E-state index contributed by atoms with van der Waals surface area (Å²) in [5.41, 5.74) is 6.15. The maximum atomic E-state index is 14.5. The molecule has 0 atom stereocenters. The fraction of sp³-hybridized carbons (Fsp3) is 0.0417. The van der Waals surface area contributed by atoms with Crippen molar-refractivity contribution in [3.8, 4) is 10.4 Å². The minimum atomic E-state index is -2.22. The van der Waals surface area contributed by atoms with Crippen LogP contribution in [0.15, 0.2) is 47.8 Å². The van der Waals surface area contributed by atoms with E-state index in [2.05, 4.69) is 6.07 Å². The number of halogens is 5. The first kappa shape index (κ1) is 21.1. The van der Waals surface area contributed by atoms with E-state index in [4.69, 9.17) is 5.73 Å². The monoisotopic (exact) mass is 471 g/mol. The first-order valence-electron chi connectivity index (χ1n) is 9.60. The van der Waals surface area contributed by atoms with E-state index in [1.165, 1.54) is 28.0 Å². The van der Waals surface area contributed by atoms with Gasteiger partial charge < -0.3 is 10.3 Å². The van der Waals surface area contributed by atoms with Crippen LogP contribution in [0.3, 0.4) is 0 Å². The quantitative estimate of drug-likeness (QED) is 0.190. The second-order valence-electron chi connectivity index (χ2n) is 7.32. The van der Waals surface area contributed by atoms with E-state index >= 15 is 0 Å². The molecule has 0 aliphatic carbocycles. The molecule has 165 valence electrons. The zero-order chi connectivity index (χ0) is 23.4. The van der Waals surface area contributed by atoms with Gasteiger partial charge in [-0.25, -0.2) is 22.0 Å². The number of fused-ring (bicyclic) bond motifs is 3. The third-order valence-corrected chi connectivity index (χ3v) is 6.40. The lowest BCUT2D eigenvalue weighted by Gasteiger charge is -2.12. The minimum Gasteiger partial charge on any atom is -0.366 e. The second kappa shape index (κ2) is 7.70. The van der Waals surface area contributed by atoms with E-state index in [0.717, 1.165) is 10.4 Å². The summed E-state index contributed by atoms with van der Waals surface area (Å²) in [7, 11) is 0. The third-order valence-electron chi connectivity index (χ3n) is 5.48. The number of hydrogen-bond donors (Lipinski definition) is 1. The van der Waals surface area contributed by atoms with Crippen LogP contribution in [0.2, 0.25) is 0 Å². The van der Waals surface area contributed by atoms with E-state index in [1.54, 1.807) is 18.2 Å². The predicted octanol–water partition coefficient (Wildman–Crippen LogP) is 6.17. The van der Waals surface area contributed by atoms with Crippen molar-refractivity contribution in [3.63, 3.8) is 0 Å². The molecule has 5 aromatic rings. The van der Waals surface area contributed by atoms with Gasteiger partial charge in [0, 0.05) is 26.8 Å². The Morgan fingerprint density at radius 3 is 2.27 bits per heavy atom. The summed E-state index contributed by atoms with van der Waals surface area (Å²) < 4.78 is 71.6. The zero-order valence-corrected chi connectivity index (χ0v) is 17.4. The molecule has 9 heteroatoms. The number of hydrogen-bond acceptors (Lipinski definition) is 2. The molecule has 0 fully saturated rings. The predicted molar refractivity (Wildman–Crippen MR) is 115 cm³/mol. The molecule has 0 aliphatic rings. The lowest BCUT2D eigenvalue weighted by Crippen LogP contribution is -2.12. The minimum absolute atomic E-state index is 0.147. The number of carbonyl (C=O) groups is 1. The number of thiophene rings is 1. The van der Waals surface area contributed by atoms with Crippen LogP contribution < -0.4 is 5.73 Å². The Bertz CT molecular complexity index is 1540. The molecule has 1 radical (unpaired) electrons. The fourth-order valence-corrected chi connectivity index (χ4v) is 4.68. The van der Waals surface area contributed by atoms with Crippen molar-refractivity contribution in [2.45, 2.75) is 6.54 Å². The largest absolute Gasteiger partial charge is 0.366 e. The molecule has 0 bridgehead atoms. The first-order valence-corrected chi connectivity index (χ1v) is 10.5. The van der Waals surface area contributed by atoms with Crippen LogP contribution in [0, 0.1) is 35.2 Å². The van der Waals surface area contributed by atoms with Crippen LogP contribution in [0.4, 0.5) is 22.0 Å². The highest BCUT2D eigenvalue weighted by Crippen LogP contribution is 2.36. The molecule has 0 saturated heterocycles.